The highest BCUT2D eigenvalue weighted by atomic mass is 16.3. The van der Waals surface area contributed by atoms with E-state index in [0.29, 0.717) is 13.0 Å². The number of rotatable bonds is 5. The molecule has 0 bridgehead atoms. The molecular weight excluding hydrogens is 218 g/mol. The Kier molecular flexibility index (Phi) is 3.02. The molecule has 1 saturated heterocycles. The van der Waals surface area contributed by atoms with Crippen LogP contribution < -0.4 is 0 Å². The van der Waals surface area contributed by atoms with Crippen molar-refractivity contribution in [3.63, 3.8) is 0 Å². The van der Waals surface area contributed by atoms with Gasteiger partial charge in [0.05, 0.1) is 12.0 Å². The SMILES string of the molecule is CCC1(CC)CC(=O)N(CC2(CO)CC2)C1=O. The maximum atomic E-state index is 12.3. The van der Waals surface area contributed by atoms with Gasteiger partial charge in [-0.25, -0.2) is 0 Å². The summed E-state index contributed by atoms with van der Waals surface area (Å²) in [6, 6.07) is 0. The van der Waals surface area contributed by atoms with Crippen LogP contribution in [-0.2, 0) is 9.59 Å². The zero-order chi connectivity index (χ0) is 12.7. The van der Waals surface area contributed by atoms with E-state index < -0.39 is 5.41 Å². The summed E-state index contributed by atoms with van der Waals surface area (Å²) in [5.74, 6) is -0.0781. The van der Waals surface area contributed by atoms with Crippen molar-refractivity contribution in [2.24, 2.45) is 10.8 Å². The van der Waals surface area contributed by atoms with Crippen LogP contribution in [0.25, 0.3) is 0 Å². The van der Waals surface area contributed by atoms with Gasteiger partial charge in [-0.05, 0) is 25.7 Å². The number of carbonyl (C=O) groups excluding carboxylic acids is 2. The minimum Gasteiger partial charge on any atom is -0.396 e. The topological polar surface area (TPSA) is 57.6 Å². The Morgan fingerprint density at radius 1 is 1.24 bits per heavy atom. The quantitative estimate of drug-likeness (QED) is 0.736. The van der Waals surface area contributed by atoms with Gasteiger partial charge < -0.3 is 5.11 Å². The first-order chi connectivity index (χ1) is 8.02. The molecular formula is C13H21NO3. The highest BCUT2D eigenvalue weighted by molar-refractivity contribution is 6.05. The smallest absolute Gasteiger partial charge is 0.235 e. The van der Waals surface area contributed by atoms with Crippen molar-refractivity contribution in [3.05, 3.63) is 0 Å². The maximum absolute atomic E-state index is 12.3. The lowest BCUT2D eigenvalue weighted by Gasteiger charge is -2.25. The minimum absolute atomic E-state index is 0.0211. The molecule has 0 aromatic carbocycles. The summed E-state index contributed by atoms with van der Waals surface area (Å²) < 4.78 is 0. The van der Waals surface area contributed by atoms with Crippen molar-refractivity contribution in [1.29, 1.82) is 0 Å². The number of imide groups is 1. The van der Waals surface area contributed by atoms with E-state index in [2.05, 4.69) is 0 Å². The normalized spacial score (nSPS) is 25.5. The van der Waals surface area contributed by atoms with Gasteiger partial charge in [-0.15, -0.1) is 0 Å². The lowest BCUT2D eigenvalue weighted by molar-refractivity contribution is -0.142. The Hall–Kier alpha value is -0.900. The molecule has 0 unspecified atom stereocenters. The third kappa shape index (κ3) is 1.88. The molecule has 4 nitrogen and oxygen atoms in total. The van der Waals surface area contributed by atoms with Gasteiger partial charge in [0.1, 0.15) is 0 Å². The van der Waals surface area contributed by atoms with Crippen molar-refractivity contribution in [2.45, 2.75) is 46.0 Å². The lowest BCUT2D eigenvalue weighted by Crippen LogP contribution is -2.39. The summed E-state index contributed by atoms with van der Waals surface area (Å²) >= 11 is 0. The Bertz CT molecular complexity index is 343. The molecule has 2 aliphatic rings. The van der Waals surface area contributed by atoms with Crippen molar-refractivity contribution in [1.82, 2.24) is 4.90 Å². The molecule has 0 aromatic heterocycles. The van der Waals surface area contributed by atoms with E-state index >= 15 is 0 Å². The van der Waals surface area contributed by atoms with E-state index in [1.807, 2.05) is 13.8 Å². The Morgan fingerprint density at radius 3 is 2.18 bits per heavy atom. The van der Waals surface area contributed by atoms with Crippen LogP contribution in [0.1, 0.15) is 46.0 Å². The van der Waals surface area contributed by atoms with Gasteiger partial charge in [0, 0.05) is 18.4 Å². The van der Waals surface area contributed by atoms with Crippen LogP contribution in [0.4, 0.5) is 0 Å². The molecule has 1 heterocycles. The fraction of sp³-hybridized carbons (Fsp3) is 0.846. The molecule has 2 fully saturated rings. The van der Waals surface area contributed by atoms with Gasteiger partial charge in [0.2, 0.25) is 11.8 Å². The van der Waals surface area contributed by atoms with Crippen molar-refractivity contribution < 1.29 is 14.7 Å². The molecule has 0 atom stereocenters. The zero-order valence-corrected chi connectivity index (χ0v) is 10.7. The summed E-state index contributed by atoms with van der Waals surface area (Å²) in [7, 11) is 0. The first-order valence-electron chi connectivity index (χ1n) is 6.48. The Labute approximate surface area is 102 Å². The molecule has 0 radical (unpaired) electrons. The molecule has 17 heavy (non-hydrogen) atoms. The number of aliphatic hydroxyl groups is 1. The second-order valence-electron chi connectivity index (χ2n) is 5.61. The van der Waals surface area contributed by atoms with Crippen molar-refractivity contribution >= 4 is 11.8 Å². The van der Waals surface area contributed by atoms with Crippen LogP contribution in [0.3, 0.4) is 0 Å². The summed E-state index contributed by atoms with van der Waals surface area (Å²) in [6.07, 6.45) is 3.63. The summed E-state index contributed by atoms with van der Waals surface area (Å²) in [6.45, 7) is 4.44. The lowest BCUT2D eigenvalue weighted by atomic mass is 9.81. The highest BCUT2D eigenvalue weighted by Crippen LogP contribution is 2.48. The third-order valence-corrected chi connectivity index (χ3v) is 4.63. The number of amides is 2. The molecule has 1 N–H and O–H groups in total. The average Bonchev–Trinajstić information content (AvgIpc) is 3.08. The average molecular weight is 239 g/mol. The number of nitrogens with zero attached hydrogens (tertiary/aromatic N) is 1. The Balaban J connectivity index is 2.14. The molecule has 2 amide bonds. The molecule has 1 saturated carbocycles. The molecule has 1 aliphatic carbocycles. The van der Waals surface area contributed by atoms with Crippen LogP contribution >= 0.6 is 0 Å². The predicted octanol–water partition coefficient (Wildman–Crippen LogP) is 1.32. The molecule has 1 aliphatic heterocycles. The highest BCUT2D eigenvalue weighted by Gasteiger charge is 2.53. The first-order valence-corrected chi connectivity index (χ1v) is 6.48. The third-order valence-electron chi connectivity index (χ3n) is 4.63. The summed E-state index contributed by atoms with van der Waals surface area (Å²) in [4.78, 5) is 25.7. The summed E-state index contributed by atoms with van der Waals surface area (Å²) in [5, 5.41) is 9.28. The molecule has 0 aromatic rings. The predicted molar refractivity (Wildman–Crippen MR) is 63.1 cm³/mol. The van der Waals surface area contributed by atoms with Gasteiger partial charge in [-0.1, -0.05) is 13.8 Å². The fourth-order valence-corrected chi connectivity index (χ4v) is 2.70. The molecule has 2 rings (SSSR count). The van der Waals surface area contributed by atoms with E-state index in [0.717, 1.165) is 25.7 Å². The van der Waals surface area contributed by atoms with Crippen molar-refractivity contribution in [2.75, 3.05) is 13.2 Å². The van der Waals surface area contributed by atoms with E-state index in [9.17, 15) is 14.7 Å². The molecule has 0 spiro atoms. The van der Waals surface area contributed by atoms with E-state index in [1.165, 1.54) is 4.90 Å². The van der Waals surface area contributed by atoms with Crippen LogP contribution in [0.5, 0.6) is 0 Å². The van der Waals surface area contributed by atoms with Gasteiger partial charge >= 0.3 is 0 Å². The number of likely N-dealkylation sites (tertiary alicyclic amines) is 1. The van der Waals surface area contributed by atoms with Crippen LogP contribution in [0.2, 0.25) is 0 Å². The number of hydrogen-bond donors (Lipinski definition) is 1. The number of aliphatic hydroxyl groups excluding tert-OH is 1. The van der Waals surface area contributed by atoms with Crippen LogP contribution in [0.15, 0.2) is 0 Å². The zero-order valence-electron chi connectivity index (χ0n) is 10.7. The van der Waals surface area contributed by atoms with Gasteiger partial charge in [-0.2, -0.15) is 0 Å². The number of carbonyl (C=O) groups is 2. The van der Waals surface area contributed by atoms with Gasteiger partial charge in [0.25, 0.3) is 0 Å². The largest absolute Gasteiger partial charge is 0.396 e. The van der Waals surface area contributed by atoms with E-state index in [1.54, 1.807) is 0 Å². The maximum Gasteiger partial charge on any atom is 0.235 e. The van der Waals surface area contributed by atoms with Crippen LogP contribution in [0, 0.1) is 10.8 Å². The fourth-order valence-electron chi connectivity index (χ4n) is 2.70. The standard InChI is InChI=1S/C13H21NO3/c1-3-13(4-2)7-10(16)14(11(13)17)8-12(9-15)5-6-12/h15H,3-9H2,1-2H3. The van der Waals surface area contributed by atoms with E-state index in [4.69, 9.17) is 0 Å². The van der Waals surface area contributed by atoms with Crippen molar-refractivity contribution in [3.8, 4) is 0 Å². The molecule has 4 heteroatoms. The minimum atomic E-state index is -0.470. The monoisotopic (exact) mass is 239 g/mol. The summed E-state index contributed by atoms with van der Waals surface area (Å²) in [5.41, 5.74) is -0.647. The second-order valence-corrected chi connectivity index (χ2v) is 5.61. The first kappa shape index (κ1) is 12.6. The van der Waals surface area contributed by atoms with E-state index in [-0.39, 0.29) is 23.8 Å². The second kappa shape index (κ2) is 4.09. The van der Waals surface area contributed by atoms with Gasteiger partial charge in [-0.3, -0.25) is 14.5 Å². The Morgan fingerprint density at radius 2 is 1.82 bits per heavy atom. The van der Waals surface area contributed by atoms with Gasteiger partial charge in [0.15, 0.2) is 0 Å². The molecule has 96 valence electrons. The number of hydrogen-bond acceptors (Lipinski definition) is 3. The van der Waals surface area contributed by atoms with Crippen LogP contribution in [-0.4, -0.2) is 35.0 Å².